The number of hydrogen-bond donors (Lipinski definition) is 1. The maximum absolute atomic E-state index is 11.6. The third kappa shape index (κ3) is 3.45. The summed E-state index contributed by atoms with van der Waals surface area (Å²) < 4.78 is 10.3. The molecule has 1 N–H and O–H groups in total. The molecule has 0 radical (unpaired) electrons. The molecule has 18 heavy (non-hydrogen) atoms. The lowest BCUT2D eigenvalue weighted by molar-refractivity contribution is 0.0499. The molecule has 100 valence electrons. The lowest BCUT2D eigenvalue weighted by Gasteiger charge is -2.20. The predicted octanol–water partition coefficient (Wildman–Crippen LogP) is 2.53. The van der Waals surface area contributed by atoms with Crippen molar-refractivity contribution in [1.29, 1.82) is 0 Å². The predicted molar refractivity (Wildman–Crippen MR) is 64.1 cm³/mol. The van der Waals surface area contributed by atoms with E-state index < -0.39 is 11.7 Å². The second-order valence-corrected chi connectivity index (χ2v) is 5.63. The summed E-state index contributed by atoms with van der Waals surface area (Å²) in [5, 5.41) is 6.57. The van der Waals surface area contributed by atoms with E-state index in [1.165, 1.54) is 0 Å². The van der Waals surface area contributed by atoms with Crippen molar-refractivity contribution < 1.29 is 14.1 Å². The highest BCUT2D eigenvalue weighted by atomic mass is 16.6. The summed E-state index contributed by atoms with van der Waals surface area (Å²) in [6.07, 6.45) is 1.75. The molecule has 0 bridgehead atoms. The summed E-state index contributed by atoms with van der Waals surface area (Å²) in [5.74, 6) is 1.60. The SMILES string of the molecule is C[C@@H](NC(=O)OC(C)(C)C)c1nc(C2CC2)no1. The van der Waals surface area contributed by atoms with Crippen LogP contribution in [0.1, 0.15) is 64.2 Å². The number of aromatic nitrogens is 2. The molecule has 1 fully saturated rings. The van der Waals surface area contributed by atoms with Crippen LogP contribution in [0, 0.1) is 0 Å². The van der Waals surface area contributed by atoms with Crippen LogP contribution in [0.3, 0.4) is 0 Å². The zero-order chi connectivity index (χ0) is 13.3. The van der Waals surface area contributed by atoms with E-state index in [1.807, 2.05) is 20.8 Å². The van der Waals surface area contributed by atoms with E-state index in [9.17, 15) is 4.79 Å². The van der Waals surface area contributed by atoms with E-state index in [1.54, 1.807) is 6.92 Å². The third-order valence-electron chi connectivity index (χ3n) is 2.50. The number of amides is 1. The topological polar surface area (TPSA) is 77.2 Å². The largest absolute Gasteiger partial charge is 0.444 e. The van der Waals surface area contributed by atoms with Crippen molar-refractivity contribution in [1.82, 2.24) is 15.5 Å². The number of nitrogens with one attached hydrogen (secondary N) is 1. The number of nitrogens with zero attached hydrogens (tertiary/aromatic N) is 2. The molecule has 1 saturated carbocycles. The molecule has 2 rings (SSSR count). The number of alkyl carbamates (subject to hydrolysis) is 1. The molecule has 0 saturated heterocycles. The number of ether oxygens (including phenoxy) is 1. The minimum Gasteiger partial charge on any atom is -0.444 e. The van der Waals surface area contributed by atoms with Gasteiger partial charge in [-0.25, -0.2) is 4.79 Å². The first-order chi connectivity index (χ1) is 8.35. The van der Waals surface area contributed by atoms with Gasteiger partial charge in [0.05, 0.1) is 0 Å². The fourth-order valence-corrected chi connectivity index (χ4v) is 1.48. The molecule has 1 aliphatic carbocycles. The Morgan fingerprint density at radius 1 is 1.50 bits per heavy atom. The number of carbonyl (C=O) groups excluding carboxylic acids is 1. The van der Waals surface area contributed by atoms with Gasteiger partial charge >= 0.3 is 6.09 Å². The minimum absolute atomic E-state index is 0.347. The van der Waals surface area contributed by atoms with Crippen molar-refractivity contribution in [2.24, 2.45) is 0 Å². The van der Waals surface area contributed by atoms with Gasteiger partial charge in [-0.1, -0.05) is 5.16 Å². The summed E-state index contributed by atoms with van der Waals surface area (Å²) in [4.78, 5) is 15.8. The van der Waals surface area contributed by atoms with Crippen LogP contribution in [0.25, 0.3) is 0 Å². The summed E-state index contributed by atoms with van der Waals surface area (Å²) in [5.41, 5.74) is -0.516. The fourth-order valence-electron chi connectivity index (χ4n) is 1.48. The van der Waals surface area contributed by atoms with Crippen molar-refractivity contribution in [2.75, 3.05) is 0 Å². The zero-order valence-electron chi connectivity index (χ0n) is 11.2. The highest BCUT2D eigenvalue weighted by Crippen LogP contribution is 2.38. The van der Waals surface area contributed by atoms with Gasteiger partial charge in [-0.2, -0.15) is 4.98 Å². The molecule has 1 aromatic rings. The quantitative estimate of drug-likeness (QED) is 0.895. The van der Waals surface area contributed by atoms with Crippen molar-refractivity contribution >= 4 is 6.09 Å². The van der Waals surface area contributed by atoms with Crippen molar-refractivity contribution in [3.63, 3.8) is 0 Å². The molecular formula is C12H19N3O3. The molecule has 1 atom stereocenters. The Balaban J connectivity index is 1.90. The van der Waals surface area contributed by atoms with Crippen LogP contribution in [0.2, 0.25) is 0 Å². The number of hydrogen-bond acceptors (Lipinski definition) is 5. The van der Waals surface area contributed by atoms with Crippen LogP contribution in [-0.4, -0.2) is 21.8 Å². The molecule has 6 nitrogen and oxygen atoms in total. The van der Waals surface area contributed by atoms with Gasteiger partial charge in [-0.3, -0.25) is 0 Å². The Morgan fingerprint density at radius 3 is 2.72 bits per heavy atom. The maximum Gasteiger partial charge on any atom is 0.408 e. The Morgan fingerprint density at radius 2 is 2.17 bits per heavy atom. The van der Waals surface area contributed by atoms with E-state index in [0.717, 1.165) is 18.7 Å². The highest BCUT2D eigenvalue weighted by molar-refractivity contribution is 5.68. The van der Waals surface area contributed by atoms with Crippen LogP contribution < -0.4 is 5.32 Å². The van der Waals surface area contributed by atoms with Crippen molar-refractivity contribution in [3.8, 4) is 0 Å². The standard InChI is InChI=1S/C12H19N3O3/c1-7(13-11(16)17-12(2,3)4)10-14-9(15-18-10)8-5-6-8/h7-8H,5-6H2,1-4H3,(H,13,16)/t7-/m1/s1. The molecule has 1 aromatic heterocycles. The van der Waals surface area contributed by atoms with E-state index >= 15 is 0 Å². The van der Waals surface area contributed by atoms with Gasteiger partial charge < -0.3 is 14.6 Å². The zero-order valence-corrected chi connectivity index (χ0v) is 11.2. The smallest absolute Gasteiger partial charge is 0.408 e. The van der Waals surface area contributed by atoms with E-state index in [4.69, 9.17) is 9.26 Å². The van der Waals surface area contributed by atoms with Crippen LogP contribution in [0.4, 0.5) is 4.79 Å². The lowest BCUT2D eigenvalue weighted by Crippen LogP contribution is -2.34. The average molecular weight is 253 g/mol. The summed E-state index contributed by atoms with van der Waals surface area (Å²) in [7, 11) is 0. The van der Waals surface area contributed by atoms with Gasteiger partial charge in [0.25, 0.3) is 0 Å². The highest BCUT2D eigenvalue weighted by Gasteiger charge is 2.30. The second kappa shape index (κ2) is 4.59. The molecule has 1 amide bonds. The summed E-state index contributed by atoms with van der Waals surface area (Å²) >= 11 is 0. The second-order valence-electron chi connectivity index (χ2n) is 5.63. The third-order valence-corrected chi connectivity index (χ3v) is 2.50. The van der Waals surface area contributed by atoms with Crippen LogP contribution in [0.5, 0.6) is 0 Å². The van der Waals surface area contributed by atoms with Crippen molar-refractivity contribution in [2.45, 2.75) is 58.1 Å². The van der Waals surface area contributed by atoms with Crippen LogP contribution in [-0.2, 0) is 4.74 Å². The molecule has 0 aliphatic heterocycles. The lowest BCUT2D eigenvalue weighted by atomic mass is 10.2. The number of carbonyl (C=O) groups is 1. The van der Waals surface area contributed by atoms with Crippen LogP contribution in [0.15, 0.2) is 4.52 Å². The number of rotatable bonds is 3. The van der Waals surface area contributed by atoms with Crippen LogP contribution >= 0.6 is 0 Å². The van der Waals surface area contributed by atoms with E-state index in [-0.39, 0.29) is 6.04 Å². The van der Waals surface area contributed by atoms with Gasteiger partial charge in [0.1, 0.15) is 11.6 Å². The Labute approximate surface area is 106 Å². The summed E-state index contributed by atoms with van der Waals surface area (Å²) in [6, 6.07) is -0.347. The monoisotopic (exact) mass is 253 g/mol. The minimum atomic E-state index is -0.516. The Hall–Kier alpha value is -1.59. The van der Waals surface area contributed by atoms with Gasteiger partial charge in [-0.15, -0.1) is 0 Å². The summed E-state index contributed by atoms with van der Waals surface area (Å²) in [6.45, 7) is 7.23. The van der Waals surface area contributed by atoms with Crippen molar-refractivity contribution in [3.05, 3.63) is 11.7 Å². The molecule has 0 unspecified atom stereocenters. The Kier molecular flexibility index (Phi) is 3.28. The molecule has 6 heteroatoms. The van der Waals surface area contributed by atoms with Gasteiger partial charge in [0.2, 0.25) is 5.89 Å². The molecule has 1 heterocycles. The Bertz CT molecular complexity index is 432. The first-order valence-corrected chi connectivity index (χ1v) is 6.18. The van der Waals surface area contributed by atoms with Gasteiger partial charge in [0, 0.05) is 5.92 Å². The molecule has 0 spiro atoms. The van der Waals surface area contributed by atoms with Gasteiger partial charge in [0.15, 0.2) is 5.82 Å². The first-order valence-electron chi connectivity index (χ1n) is 6.18. The van der Waals surface area contributed by atoms with E-state index in [2.05, 4.69) is 15.5 Å². The molecule has 1 aliphatic rings. The molecule has 0 aromatic carbocycles. The fraction of sp³-hybridized carbons (Fsp3) is 0.750. The van der Waals surface area contributed by atoms with Gasteiger partial charge in [-0.05, 0) is 40.5 Å². The maximum atomic E-state index is 11.6. The normalized spacial score (nSPS) is 17.3. The van der Waals surface area contributed by atoms with E-state index in [0.29, 0.717) is 11.8 Å². The first kappa shape index (κ1) is 12.9. The average Bonchev–Trinajstić information content (AvgIpc) is 2.93. The molecular weight excluding hydrogens is 234 g/mol.